The smallest absolute Gasteiger partial charge is 0.408 e. The van der Waals surface area contributed by atoms with Gasteiger partial charge in [0.1, 0.15) is 30.1 Å². The number of carboxylic acids is 1. The lowest BCUT2D eigenvalue weighted by molar-refractivity contribution is -0.247. The number of thiazole rings is 1. The number of unbranched alkanes of at least 4 members (excludes halogenated alkanes) is 1. The molecule has 4 aliphatic carbocycles. The Hall–Kier alpha value is -7.41. The lowest BCUT2D eigenvalue weighted by Crippen LogP contribution is -2.64. The Balaban J connectivity index is 0.615. The van der Waals surface area contributed by atoms with Crippen LogP contribution in [0, 0.1) is 23.2 Å². The number of fused-ring (bicyclic) bond motifs is 2. The van der Waals surface area contributed by atoms with Crippen LogP contribution in [0.5, 0.6) is 0 Å². The molecule has 6 N–H and O–H groups in total. The minimum absolute atomic E-state index is 0.00751. The van der Waals surface area contributed by atoms with Crippen molar-refractivity contribution in [3.05, 3.63) is 88.9 Å². The van der Waals surface area contributed by atoms with Crippen molar-refractivity contribution in [2.45, 2.75) is 149 Å². The predicted octanol–water partition coefficient (Wildman–Crippen LogP) is 8.14. The van der Waals surface area contributed by atoms with Crippen LogP contribution < -0.4 is 31.5 Å². The number of benzene rings is 2. The molecule has 4 heterocycles. The molecular formula is C81H120N10O21S. The molecule has 2 aromatic carbocycles. The van der Waals surface area contributed by atoms with Gasteiger partial charge in [0.05, 0.1) is 174 Å². The minimum atomic E-state index is -1.16. The Morgan fingerprint density at radius 1 is 0.611 bits per heavy atom. The standard InChI is InChI=1S/C81H120N10O21S/c1-58(85-73(95)66(87-76(98)112-77(3,4)5)17-11-12-22-82-69(92)50-110-47-46-109-45-44-108-43-42-107-41-40-106-39-38-105-37-36-104-35-34-103-33-32-102-31-30-101-29-28-100-27-26-99-8)71(93)83-23-25-111-81-54-78(6)51-79(7,55-81)53-80(52-78,56-81)57-91-59(2)63(48-84-91)61-19-20-68(88-70(61)74(96)97)90-24-21-60-14-13-15-62(64(60)49-90)72(94)89-75-86-65-16-9-10-18-67(65)113-75/h9-10,13-16,18-20,48,58,66H,11-12,17,21-47,49-57H2,1-8H3,(H,82,92)(H,83,93)(H,85,95)(H,87,98)(H,96,97)(H,86,89,94)/t58-,66-,78?,79?,80?,81?/m0/s1. The second-order valence-electron chi connectivity index (χ2n) is 31.2. The van der Waals surface area contributed by atoms with Gasteiger partial charge in [0, 0.05) is 62.2 Å². The topological polar surface area (TPSA) is 359 Å². The van der Waals surface area contributed by atoms with Crippen LogP contribution in [0.25, 0.3) is 21.3 Å². The van der Waals surface area contributed by atoms with E-state index in [-0.39, 0.29) is 73.1 Å². The van der Waals surface area contributed by atoms with E-state index in [4.69, 9.17) is 76.4 Å². The monoisotopic (exact) mass is 1600 g/mol. The molecule has 626 valence electrons. The Labute approximate surface area is 667 Å². The van der Waals surface area contributed by atoms with E-state index in [2.05, 4.69) is 45.4 Å². The summed E-state index contributed by atoms with van der Waals surface area (Å²) in [5.41, 5.74) is 3.70. The van der Waals surface area contributed by atoms with Gasteiger partial charge in [0.2, 0.25) is 17.7 Å². The number of aromatic carboxylic acids is 1. The summed E-state index contributed by atoms with van der Waals surface area (Å²) in [7, 11) is 1.64. The highest BCUT2D eigenvalue weighted by atomic mass is 32.1. The zero-order valence-electron chi connectivity index (χ0n) is 67.3. The fourth-order valence-electron chi connectivity index (χ4n) is 16.4. The summed E-state index contributed by atoms with van der Waals surface area (Å²) >= 11 is 1.42. The van der Waals surface area contributed by atoms with Crippen molar-refractivity contribution in [1.29, 1.82) is 0 Å². The molecule has 3 aromatic heterocycles. The average molecular weight is 1600 g/mol. The molecule has 5 aliphatic rings. The van der Waals surface area contributed by atoms with Crippen molar-refractivity contribution < 1.29 is 100 Å². The van der Waals surface area contributed by atoms with Gasteiger partial charge in [-0.05, 0) is 157 Å². The highest BCUT2D eigenvalue weighted by molar-refractivity contribution is 7.22. The molecule has 0 radical (unpaired) electrons. The summed E-state index contributed by atoms with van der Waals surface area (Å²) in [6.45, 7) is 25.4. The fourth-order valence-corrected chi connectivity index (χ4v) is 17.2. The third kappa shape index (κ3) is 29.1. The molecule has 5 aromatic rings. The Kier molecular flexibility index (Phi) is 35.8. The molecule has 10 rings (SSSR count). The number of nitrogens with zero attached hydrogens (tertiary/aromatic N) is 5. The van der Waals surface area contributed by atoms with E-state index in [1.54, 1.807) is 41.0 Å². The number of rotatable bonds is 55. The van der Waals surface area contributed by atoms with Gasteiger partial charge < -0.3 is 97.6 Å². The molecule has 31 nitrogen and oxygen atoms in total. The summed E-state index contributed by atoms with van der Waals surface area (Å²) in [5, 5.41) is 30.4. The van der Waals surface area contributed by atoms with Gasteiger partial charge in [0.15, 0.2) is 10.8 Å². The zero-order chi connectivity index (χ0) is 80.5. The minimum Gasteiger partial charge on any atom is -0.476 e. The van der Waals surface area contributed by atoms with Gasteiger partial charge in [-0.2, -0.15) is 5.10 Å². The normalized spacial score (nSPS) is 19.6. The SMILES string of the molecule is COCCOCCOCCOCCOCCOCCOCCOCCOCCOCCOCCOCC(=O)NCCCC[C@H](NC(=O)OC(C)(C)C)C(=O)N[C@@H](C)C(=O)NCCOC12CC3(C)CC(C)(CC(Cn4ncc(-c5ccc(N6CCc7cccc(C(=O)Nc8nc9ccccc9s8)c7C6)nc5C(=O)O)c4C)(C3)C1)C2. The number of alkyl carbamates (subject to hydrolysis) is 1. The molecule has 2 unspecified atom stereocenters. The first-order valence-electron chi connectivity index (χ1n) is 39.6. The van der Waals surface area contributed by atoms with Crippen molar-refractivity contribution in [1.82, 2.24) is 41.0 Å². The molecule has 0 spiro atoms. The van der Waals surface area contributed by atoms with E-state index in [1.165, 1.54) is 11.3 Å². The van der Waals surface area contributed by atoms with E-state index < -0.39 is 47.2 Å². The molecule has 4 saturated carbocycles. The number of pyridine rings is 1. The van der Waals surface area contributed by atoms with Gasteiger partial charge in [-0.15, -0.1) is 0 Å². The van der Waals surface area contributed by atoms with Crippen LogP contribution in [0.2, 0.25) is 0 Å². The number of ether oxygens (including phenoxy) is 14. The first-order chi connectivity index (χ1) is 54.5. The van der Waals surface area contributed by atoms with Crippen molar-refractivity contribution >= 4 is 68.2 Å². The van der Waals surface area contributed by atoms with Crippen LogP contribution in [0.3, 0.4) is 0 Å². The van der Waals surface area contributed by atoms with Crippen LogP contribution in [-0.4, -0.2) is 269 Å². The van der Waals surface area contributed by atoms with Gasteiger partial charge in [-0.1, -0.05) is 49.4 Å². The summed E-state index contributed by atoms with van der Waals surface area (Å²) in [6.07, 6.45) is 8.33. The fraction of sp³-hybridized carbons (Fsp3) is 0.667. The average Bonchev–Trinajstić information content (AvgIpc) is 0.965. The highest BCUT2D eigenvalue weighted by Crippen LogP contribution is 2.72. The summed E-state index contributed by atoms with van der Waals surface area (Å²) in [6, 6.07) is 15.2. The molecule has 32 heteroatoms. The first-order valence-corrected chi connectivity index (χ1v) is 40.4. The Bertz CT molecular complexity index is 3770. The lowest BCUT2D eigenvalue weighted by atomic mass is 9.39. The van der Waals surface area contributed by atoms with Crippen molar-refractivity contribution in [2.75, 3.05) is 196 Å². The largest absolute Gasteiger partial charge is 0.476 e. The van der Waals surface area contributed by atoms with E-state index in [9.17, 15) is 33.9 Å². The Morgan fingerprint density at radius 3 is 1.75 bits per heavy atom. The van der Waals surface area contributed by atoms with Gasteiger partial charge in [-0.3, -0.25) is 29.2 Å². The van der Waals surface area contributed by atoms with Crippen molar-refractivity contribution in [3.63, 3.8) is 0 Å². The molecule has 4 atom stereocenters. The van der Waals surface area contributed by atoms with Crippen LogP contribution in [0.4, 0.5) is 15.7 Å². The number of hydrogen-bond acceptors (Lipinski definition) is 25. The van der Waals surface area contributed by atoms with E-state index in [0.29, 0.717) is 205 Å². The summed E-state index contributed by atoms with van der Waals surface area (Å²) in [5.74, 6) is -2.20. The number of anilines is 2. The third-order valence-corrected chi connectivity index (χ3v) is 21.1. The van der Waals surface area contributed by atoms with Crippen molar-refractivity contribution in [3.8, 4) is 11.1 Å². The first kappa shape index (κ1) is 89.5. The van der Waals surface area contributed by atoms with E-state index in [1.807, 2.05) is 71.1 Å². The molecule has 113 heavy (non-hydrogen) atoms. The molecule has 1 aliphatic heterocycles. The molecule has 4 fully saturated rings. The quantitative estimate of drug-likeness (QED) is 0.0200. The molecular weight excluding hydrogens is 1480 g/mol. The van der Waals surface area contributed by atoms with Crippen molar-refractivity contribution in [2.24, 2.45) is 16.2 Å². The number of nitrogens with one attached hydrogen (secondary N) is 5. The van der Waals surface area contributed by atoms with Crippen LogP contribution in [0.15, 0.2) is 60.8 Å². The zero-order valence-corrected chi connectivity index (χ0v) is 68.1. The van der Waals surface area contributed by atoms with Gasteiger partial charge >= 0.3 is 12.1 Å². The van der Waals surface area contributed by atoms with Crippen LogP contribution in [0.1, 0.15) is 137 Å². The molecule has 0 saturated heterocycles. The van der Waals surface area contributed by atoms with E-state index in [0.717, 1.165) is 65.6 Å². The molecule has 4 bridgehead atoms. The van der Waals surface area contributed by atoms with Gasteiger partial charge in [0.25, 0.3) is 5.91 Å². The number of hydrogen-bond donors (Lipinski definition) is 6. The number of aromatic nitrogens is 4. The number of carboxylic acid groups (broad SMARTS) is 1. The predicted molar refractivity (Wildman–Crippen MR) is 422 cm³/mol. The lowest BCUT2D eigenvalue weighted by Gasteiger charge is -2.69. The van der Waals surface area contributed by atoms with E-state index >= 15 is 0 Å². The maximum absolute atomic E-state index is 13.8. The number of para-hydroxylation sites is 1. The number of methoxy groups -OCH3 is 1. The maximum Gasteiger partial charge on any atom is 0.408 e. The Morgan fingerprint density at radius 2 is 1.19 bits per heavy atom. The van der Waals surface area contributed by atoms with Gasteiger partial charge in [-0.25, -0.2) is 19.6 Å². The summed E-state index contributed by atoms with van der Waals surface area (Å²) < 4.78 is 80.8. The second kappa shape index (κ2) is 45.2. The van der Waals surface area contributed by atoms with Crippen LogP contribution >= 0.6 is 11.3 Å². The third-order valence-electron chi connectivity index (χ3n) is 20.2. The second-order valence-corrected chi connectivity index (χ2v) is 32.2. The number of amides is 5. The summed E-state index contributed by atoms with van der Waals surface area (Å²) in [4.78, 5) is 91.4. The number of carbonyl (C=O) groups is 6. The number of carbonyl (C=O) groups excluding carboxylic acids is 5. The molecule has 5 amide bonds. The van der Waals surface area contributed by atoms with Crippen LogP contribution in [-0.2, 0) is 100 Å². The highest BCUT2D eigenvalue weighted by Gasteiger charge is 2.66. The maximum atomic E-state index is 13.8.